The Bertz CT molecular complexity index is 1040. The average Bonchev–Trinajstić information content (AvgIpc) is 2.74. The molecule has 4 nitrogen and oxygen atoms in total. The average molecular weight is 393 g/mol. The lowest BCUT2D eigenvalue weighted by Gasteiger charge is -2.32. The van der Waals surface area contributed by atoms with Crippen molar-refractivity contribution in [3.05, 3.63) is 83.2 Å². The molecule has 148 valence electrons. The van der Waals surface area contributed by atoms with Gasteiger partial charge >= 0.3 is 0 Å². The van der Waals surface area contributed by atoms with Crippen LogP contribution in [0.25, 0.3) is 11.4 Å². The van der Waals surface area contributed by atoms with Crippen LogP contribution in [0, 0.1) is 18.6 Å². The SMILES string of the molecule is Cc1ccc(-c2nccc(C3CCCN(C(=O)c4ccc(F)cc4F)C3)n2)cc1. The van der Waals surface area contributed by atoms with Gasteiger partial charge in [0.1, 0.15) is 11.6 Å². The maximum absolute atomic E-state index is 14.0. The minimum Gasteiger partial charge on any atom is -0.338 e. The number of piperidine rings is 1. The molecule has 1 atom stereocenters. The molecule has 0 radical (unpaired) electrons. The quantitative estimate of drug-likeness (QED) is 0.645. The lowest BCUT2D eigenvalue weighted by atomic mass is 9.94. The summed E-state index contributed by atoms with van der Waals surface area (Å²) in [5.74, 6) is -1.25. The van der Waals surface area contributed by atoms with Crippen LogP contribution in [-0.4, -0.2) is 33.9 Å². The topological polar surface area (TPSA) is 46.1 Å². The monoisotopic (exact) mass is 393 g/mol. The predicted molar refractivity (Wildman–Crippen MR) is 106 cm³/mol. The normalized spacial score (nSPS) is 16.7. The van der Waals surface area contributed by atoms with E-state index in [1.165, 1.54) is 11.6 Å². The van der Waals surface area contributed by atoms with Gasteiger partial charge in [0.25, 0.3) is 5.91 Å². The molecule has 1 aliphatic heterocycles. The molecule has 4 rings (SSSR count). The molecule has 1 amide bonds. The molecule has 0 aliphatic carbocycles. The minimum absolute atomic E-state index is 0.0448. The summed E-state index contributed by atoms with van der Waals surface area (Å²) in [7, 11) is 0. The molecule has 6 heteroatoms. The number of carbonyl (C=O) groups is 1. The van der Waals surface area contributed by atoms with Crippen molar-refractivity contribution < 1.29 is 13.6 Å². The summed E-state index contributed by atoms with van der Waals surface area (Å²) in [5.41, 5.74) is 2.87. The summed E-state index contributed by atoms with van der Waals surface area (Å²) < 4.78 is 27.2. The molecule has 1 unspecified atom stereocenters. The Balaban J connectivity index is 1.55. The fourth-order valence-corrected chi connectivity index (χ4v) is 3.68. The second-order valence-corrected chi connectivity index (χ2v) is 7.39. The van der Waals surface area contributed by atoms with Crippen LogP contribution in [0.3, 0.4) is 0 Å². The minimum atomic E-state index is -0.833. The van der Waals surface area contributed by atoms with E-state index < -0.39 is 17.5 Å². The number of carbonyl (C=O) groups excluding carboxylic acids is 1. The predicted octanol–water partition coefficient (Wildman–Crippen LogP) is 4.75. The number of nitrogens with zero attached hydrogens (tertiary/aromatic N) is 3. The molecule has 1 aliphatic rings. The number of benzene rings is 2. The van der Waals surface area contributed by atoms with Gasteiger partial charge in [0.15, 0.2) is 5.82 Å². The Labute approximate surface area is 168 Å². The zero-order valence-electron chi connectivity index (χ0n) is 16.1. The van der Waals surface area contributed by atoms with Crippen LogP contribution in [0.2, 0.25) is 0 Å². The first kappa shape index (κ1) is 19.2. The highest BCUT2D eigenvalue weighted by molar-refractivity contribution is 5.94. The van der Waals surface area contributed by atoms with Gasteiger partial charge in [-0.15, -0.1) is 0 Å². The number of rotatable bonds is 3. The molecule has 3 aromatic rings. The van der Waals surface area contributed by atoms with Gasteiger partial charge in [-0.1, -0.05) is 29.8 Å². The molecule has 0 bridgehead atoms. The van der Waals surface area contributed by atoms with Crippen LogP contribution in [0.5, 0.6) is 0 Å². The van der Waals surface area contributed by atoms with Gasteiger partial charge in [0.05, 0.1) is 5.56 Å². The lowest BCUT2D eigenvalue weighted by molar-refractivity contribution is 0.0701. The van der Waals surface area contributed by atoms with E-state index in [-0.39, 0.29) is 11.5 Å². The Hall–Kier alpha value is -3.15. The van der Waals surface area contributed by atoms with Gasteiger partial charge in [-0.3, -0.25) is 4.79 Å². The molecule has 0 saturated carbocycles. The summed E-state index contributed by atoms with van der Waals surface area (Å²) in [4.78, 5) is 23.5. The van der Waals surface area contributed by atoms with Crippen molar-refractivity contribution in [1.29, 1.82) is 0 Å². The fourth-order valence-electron chi connectivity index (χ4n) is 3.68. The molecule has 1 fully saturated rings. The highest BCUT2D eigenvalue weighted by Gasteiger charge is 2.28. The Kier molecular flexibility index (Phi) is 5.34. The smallest absolute Gasteiger partial charge is 0.256 e. The lowest BCUT2D eigenvalue weighted by Crippen LogP contribution is -2.39. The van der Waals surface area contributed by atoms with Crippen LogP contribution in [0.1, 0.15) is 40.4 Å². The summed E-state index contributed by atoms with van der Waals surface area (Å²) >= 11 is 0. The Morgan fingerprint density at radius 1 is 1.10 bits per heavy atom. The number of amides is 1. The molecule has 1 saturated heterocycles. The third-order valence-electron chi connectivity index (χ3n) is 5.28. The molecule has 2 aromatic carbocycles. The second kappa shape index (κ2) is 8.07. The van der Waals surface area contributed by atoms with Crippen molar-refractivity contribution >= 4 is 5.91 Å². The zero-order valence-corrected chi connectivity index (χ0v) is 16.1. The van der Waals surface area contributed by atoms with Crippen LogP contribution in [-0.2, 0) is 0 Å². The number of halogens is 2. The number of aryl methyl sites for hydroxylation is 1. The van der Waals surface area contributed by atoms with Crippen molar-refractivity contribution in [3.8, 4) is 11.4 Å². The van der Waals surface area contributed by atoms with Gasteiger partial charge < -0.3 is 4.90 Å². The van der Waals surface area contributed by atoms with Crippen molar-refractivity contribution in [1.82, 2.24) is 14.9 Å². The highest BCUT2D eigenvalue weighted by Crippen LogP contribution is 2.28. The maximum Gasteiger partial charge on any atom is 0.256 e. The van der Waals surface area contributed by atoms with Crippen molar-refractivity contribution in [2.75, 3.05) is 13.1 Å². The number of hydrogen-bond donors (Lipinski definition) is 0. The Morgan fingerprint density at radius 3 is 2.66 bits per heavy atom. The third-order valence-corrected chi connectivity index (χ3v) is 5.28. The fraction of sp³-hybridized carbons (Fsp3) is 0.261. The first-order chi connectivity index (χ1) is 14.0. The largest absolute Gasteiger partial charge is 0.338 e. The van der Waals surface area contributed by atoms with Crippen LogP contribution >= 0.6 is 0 Å². The Morgan fingerprint density at radius 2 is 1.90 bits per heavy atom. The summed E-state index contributed by atoms with van der Waals surface area (Å²) in [6, 6.07) is 12.9. The van der Waals surface area contributed by atoms with Crippen LogP contribution in [0.4, 0.5) is 8.78 Å². The molecule has 1 aromatic heterocycles. The van der Waals surface area contributed by atoms with E-state index in [1.54, 1.807) is 11.1 Å². The van der Waals surface area contributed by atoms with E-state index in [4.69, 9.17) is 4.98 Å². The summed E-state index contributed by atoms with van der Waals surface area (Å²) in [6.07, 6.45) is 3.42. The van der Waals surface area contributed by atoms with E-state index in [2.05, 4.69) is 4.98 Å². The van der Waals surface area contributed by atoms with E-state index in [0.717, 1.165) is 36.2 Å². The highest BCUT2D eigenvalue weighted by atomic mass is 19.1. The van der Waals surface area contributed by atoms with Gasteiger partial charge in [-0.05, 0) is 38.0 Å². The first-order valence-corrected chi connectivity index (χ1v) is 9.65. The summed E-state index contributed by atoms with van der Waals surface area (Å²) in [5, 5.41) is 0. The zero-order chi connectivity index (χ0) is 20.4. The van der Waals surface area contributed by atoms with Crippen molar-refractivity contribution in [2.24, 2.45) is 0 Å². The maximum atomic E-state index is 14.0. The molecule has 2 heterocycles. The van der Waals surface area contributed by atoms with E-state index in [1.807, 2.05) is 37.3 Å². The summed E-state index contributed by atoms with van der Waals surface area (Å²) in [6.45, 7) is 3.01. The van der Waals surface area contributed by atoms with E-state index >= 15 is 0 Å². The van der Waals surface area contributed by atoms with E-state index in [9.17, 15) is 13.6 Å². The molecule has 0 spiro atoms. The second-order valence-electron chi connectivity index (χ2n) is 7.39. The van der Waals surface area contributed by atoms with Gasteiger partial charge in [0, 0.05) is 42.5 Å². The molecular weight excluding hydrogens is 372 g/mol. The molecule has 0 N–H and O–H groups in total. The number of aromatic nitrogens is 2. The third kappa shape index (κ3) is 4.16. The van der Waals surface area contributed by atoms with Crippen LogP contribution < -0.4 is 0 Å². The van der Waals surface area contributed by atoms with Crippen molar-refractivity contribution in [2.45, 2.75) is 25.7 Å². The van der Waals surface area contributed by atoms with Crippen LogP contribution in [0.15, 0.2) is 54.7 Å². The number of likely N-dealkylation sites (tertiary alicyclic amines) is 1. The van der Waals surface area contributed by atoms with Gasteiger partial charge in [-0.25, -0.2) is 18.7 Å². The number of hydrogen-bond acceptors (Lipinski definition) is 3. The first-order valence-electron chi connectivity index (χ1n) is 9.65. The standard InChI is InChI=1S/C23H21F2N3O/c1-15-4-6-16(7-5-15)22-26-11-10-21(27-22)17-3-2-12-28(14-17)23(29)19-9-8-18(24)13-20(19)25/h4-11,13,17H,2-3,12,14H2,1H3. The molecule has 29 heavy (non-hydrogen) atoms. The van der Waals surface area contributed by atoms with Gasteiger partial charge in [-0.2, -0.15) is 0 Å². The van der Waals surface area contributed by atoms with Gasteiger partial charge in [0.2, 0.25) is 0 Å². The van der Waals surface area contributed by atoms with Crippen molar-refractivity contribution in [3.63, 3.8) is 0 Å². The van der Waals surface area contributed by atoms with E-state index in [0.29, 0.717) is 18.9 Å². The molecular formula is C23H21F2N3O.